The molecule has 0 aromatic carbocycles. The second-order valence-corrected chi connectivity index (χ2v) is 8.87. The molecule has 4 fully saturated rings. The lowest BCUT2D eigenvalue weighted by molar-refractivity contribution is -0.142. The van der Waals surface area contributed by atoms with Crippen LogP contribution in [0.2, 0.25) is 0 Å². The minimum Gasteiger partial charge on any atom is -0.390 e. The lowest BCUT2D eigenvalue weighted by Gasteiger charge is -2.60. The molecule has 0 heterocycles. The van der Waals surface area contributed by atoms with Crippen LogP contribution in [0.3, 0.4) is 0 Å². The molecule has 128 valence electrons. The second kappa shape index (κ2) is 7.21. The van der Waals surface area contributed by atoms with Crippen molar-refractivity contribution < 1.29 is 5.11 Å². The van der Waals surface area contributed by atoms with Crippen molar-refractivity contribution in [2.24, 2.45) is 11.8 Å². The molecule has 4 bridgehead atoms. The Morgan fingerprint density at radius 2 is 1.45 bits per heavy atom. The molecule has 4 rings (SSSR count). The van der Waals surface area contributed by atoms with Gasteiger partial charge in [-0.3, -0.25) is 0 Å². The van der Waals surface area contributed by atoms with Crippen molar-refractivity contribution in [1.82, 2.24) is 5.32 Å². The van der Waals surface area contributed by atoms with Crippen molar-refractivity contribution in [3.05, 3.63) is 0 Å². The SMILES string of the molecule is CCCCCCCCCCNC12CC3CC(CC(O)(C3)C1)C2. The first kappa shape index (κ1) is 16.8. The molecule has 0 aromatic heterocycles. The van der Waals surface area contributed by atoms with Gasteiger partial charge in [-0.15, -0.1) is 0 Å². The minimum atomic E-state index is -0.309. The van der Waals surface area contributed by atoms with Gasteiger partial charge < -0.3 is 10.4 Å². The van der Waals surface area contributed by atoms with Crippen molar-refractivity contribution in [2.45, 2.75) is 108 Å². The molecule has 0 aliphatic heterocycles. The molecule has 2 N–H and O–H groups in total. The lowest BCUT2D eigenvalue weighted by atomic mass is 9.51. The maximum absolute atomic E-state index is 10.8. The molecule has 2 heteroatoms. The summed E-state index contributed by atoms with van der Waals surface area (Å²) in [6.07, 6.45) is 18.4. The topological polar surface area (TPSA) is 32.3 Å². The summed E-state index contributed by atoms with van der Waals surface area (Å²) in [7, 11) is 0. The highest BCUT2D eigenvalue weighted by molar-refractivity contribution is 5.12. The molecule has 0 spiro atoms. The first-order valence-corrected chi connectivity index (χ1v) is 10.1. The molecular weight excluding hydrogens is 270 g/mol. The van der Waals surface area contributed by atoms with Crippen LogP contribution in [0.25, 0.3) is 0 Å². The number of unbranched alkanes of at least 4 members (excludes halogenated alkanes) is 7. The molecule has 2 atom stereocenters. The molecule has 0 radical (unpaired) electrons. The van der Waals surface area contributed by atoms with Crippen molar-refractivity contribution in [1.29, 1.82) is 0 Å². The van der Waals surface area contributed by atoms with E-state index in [9.17, 15) is 5.11 Å². The van der Waals surface area contributed by atoms with Crippen LogP contribution in [0.1, 0.15) is 96.8 Å². The van der Waals surface area contributed by atoms with E-state index in [1.54, 1.807) is 0 Å². The van der Waals surface area contributed by atoms with Gasteiger partial charge in [-0.25, -0.2) is 0 Å². The standard InChI is InChI=1S/C20H37NO/c1-2-3-4-5-6-7-8-9-10-21-19-12-17-11-18(13-19)15-20(22,14-17)16-19/h17-18,21-22H,2-16H2,1H3. The van der Waals surface area contributed by atoms with Gasteiger partial charge in [0.2, 0.25) is 0 Å². The molecule has 2 nitrogen and oxygen atoms in total. The average molecular weight is 308 g/mol. The smallest absolute Gasteiger partial charge is 0.0670 e. The second-order valence-electron chi connectivity index (χ2n) is 8.87. The van der Waals surface area contributed by atoms with Crippen molar-refractivity contribution in [3.63, 3.8) is 0 Å². The number of hydrogen-bond donors (Lipinski definition) is 2. The van der Waals surface area contributed by atoms with Gasteiger partial charge in [-0.1, -0.05) is 51.9 Å². The molecule has 0 amide bonds. The molecule has 4 aliphatic carbocycles. The van der Waals surface area contributed by atoms with E-state index in [1.807, 2.05) is 0 Å². The van der Waals surface area contributed by atoms with Crippen LogP contribution in [0.4, 0.5) is 0 Å². The Balaban J connectivity index is 1.31. The number of rotatable bonds is 10. The Bertz CT molecular complexity index is 340. The van der Waals surface area contributed by atoms with Crippen LogP contribution >= 0.6 is 0 Å². The summed E-state index contributed by atoms with van der Waals surface area (Å²) in [6.45, 7) is 3.46. The van der Waals surface area contributed by atoms with E-state index >= 15 is 0 Å². The Morgan fingerprint density at radius 1 is 0.864 bits per heavy atom. The zero-order valence-electron chi connectivity index (χ0n) is 14.7. The average Bonchev–Trinajstić information content (AvgIpc) is 2.43. The predicted molar refractivity (Wildman–Crippen MR) is 93.0 cm³/mol. The number of hydrogen-bond acceptors (Lipinski definition) is 2. The van der Waals surface area contributed by atoms with Crippen molar-refractivity contribution in [3.8, 4) is 0 Å². The summed E-state index contributed by atoms with van der Waals surface area (Å²) in [5.41, 5.74) is -0.00365. The third-order valence-electron chi connectivity index (χ3n) is 6.56. The zero-order valence-corrected chi connectivity index (χ0v) is 14.7. The van der Waals surface area contributed by atoms with Gasteiger partial charge in [0, 0.05) is 5.54 Å². The van der Waals surface area contributed by atoms with Gasteiger partial charge >= 0.3 is 0 Å². The van der Waals surface area contributed by atoms with Gasteiger partial charge in [0.15, 0.2) is 0 Å². The Hall–Kier alpha value is -0.0800. The molecular formula is C20H37NO. The third-order valence-corrected chi connectivity index (χ3v) is 6.56. The van der Waals surface area contributed by atoms with Gasteiger partial charge in [-0.2, -0.15) is 0 Å². The van der Waals surface area contributed by atoms with Gasteiger partial charge in [-0.05, 0) is 63.3 Å². The van der Waals surface area contributed by atoms with Gasteiger partial charge in [0.1, 0.15) is 0 Å². The van der Waals surface area contributed by atoms with E-state index in [0.29, 0.717) is 5.54 Å². The summed E-state index contributed by atoms with van der Waals surface area (Å²) in [6, 6.07) is 0. The van der Waals surface area contributed by atoms with Crippen LogP contribution in [0.15, 0.2) is 0 Å². The van der Waals surface area contributed by atoms with E-state index in [4.69, 9.17) is 0 Å². The predicted octanol–water partition coefficient (Wildman–Crippen LogP) is 4.80. The molecule has 0 saturated heterocycles. The van der Waals surface area contributed by atoms with Crippen LogP contribution in [0, 0.1) is 11.8 Å². The Labute approximate surface area is 137 Å². The third kappa shape index (κ3) is 4.06. The fourth-order valence-corrected chi connectivity index (χ4v) is 6.03. The van der Waals surface area contributed by atoms with Gasteiger partial charge in [0.25, 0.3) is 0 Å². The zero-order chi connectivity index (χ0) is 15.5. The fraction of sp³-hybridized carbons (Fsp3) is 1.00. The summed E-state index contributed by atoms with van der Waals surface area (Å²) in [5.74, 6) is 1.61. The summed E-state index contributed by atoms with van der Waals surface area (Å²) in [4.78, 5) is 0. The maximum atomic E-state index is 10.8. The Morgan fingerprint density at radius 3 is 2.05 bits per heavy atom. The highest BCUT2D eigenvalue weighted by Crippen LogP contribution is 2.57. The van der Waals surface area contributed by atoms with E-state index in [-0.39, 0.29) is 5.60 Å². The highest BCUT2D eigenvalue weighted by Gasteiger charge is 2.56. The summed E-state index contributed by atoms with van der Waals surface area (Å²) >= 11 is 0. The normalized spacial score (nSPS) is 39.5. The maximum Gasteiger partial charge on any atom is 0.0670 e. The molecule has 22 heavy (non-hydrogen) atoms. The molecule has 2 unspecified atom stereocenters. The van der Waals surface area contributed by atoms with Crippen molar-refractivity contribution in [2.75, 3.05) is 6.54 Å². The molecule has 0 aromatic rings. The number of aliphatic hydroxyl groups is 1. The largest absolute Gasteiger partial charge is 0.390 e. The van der Waals surface area contributed by atoms with Crippen LogP contribution in [-0.2, 0) is 0 Å². The number of nitrogens with one attached hydrogen (secondary N) is 1. The van der Waals surface area contributed by atoms with Gasteiger partial charge in [0.05, 0.1) is 5.60 Å². The molecule has 4 aliphatic rings. The van der Waals surface area contributed by atoms with Crippen LogP contribution in [-0.4, -0.2) is 22.8 Å². The van der Waals surface area contributed by atoms with E-state index in [2.05, 4.69) is 12.2 Å². The monoisotopic (exact) mass is 307 g/mol. The van der Waals surface area contributed by atoms with Crippen LogP contribution < -0.4 is 5.32 Å². The van der Waals surface area contributed by atoms with E-state index in [1.165, 1.54) is 77.2 Å². The van der Waals surface area contributed by atoms with Crippen molar-refractivity contribution >= 4 is 0 Å². The summed E-state index contributed by atoms with van der Waals surface area (Å²) in [5, 5.41) is 14.7. The van der Waals surface area contributed by atoms with E-state index < -0.39 is 0 Å². The first-order valence-electron chi connectivity index (χ1n) is 10.1. The lowest BCUT2D eigenvalue weighted by Crippen LogP contribution is -2.64. The first-order chi connectivity index (χ1) is 10.6. The Kier molecular flexibility index (Phi) is 5.50. The summed E-state index contributed by atoms with van der Waals surface area (Å²) < 4.78 is 0. The molecule has 4 saturated carbocycles. The van der Waals surface area contributed by atoms with E-state index in [0.717, 1.165) is 31.1 Å². The minimum absolute atomic E-state index is 0.306. The highest BCUT2D eigenvalue weighted by atomic mass is 16.3. The quantitative estimate of drug-likeness (QED) is 0.568. The van der Waals surface area contributed by atoms with Crippen LogP contribution in [0.5, 0.6) is 0 Å². The fourth-order valence-electron chi connectivity index (χ4n) is 6.03.